The summed E-state index contributed by atoms with van der Waals surface area (Å²) in [4.78, 5) is 18.6. The largest absolute Gasteiger partial charge is 0.416 e. The molecule has 3 aromatic heterocycles. The molecule has 0 aliphatic carbocycles. The van der Waals surface area contributed by atoms with Crippen molar-refractivity contribution in [2.75, 3.05) is 0 Å². The van der Waals surface area contributed by atoms with Gasteiger partial charge in [0.25, 0.3) is 5.56 Å². The van der Waals surface area contributed by atoms with E-state index in [0.717, 1.165) is 28.1 Å². The summed E-state index contributed by atoms with van der Waals surface area (Å²) in [6, 6.07) is 6.48. The van der Waals surface area contributed by atoms with E-state index in [0.29, 0.717) is 21.5 Å². The second kappa shape index (κ2) is 7.93. The Labute approximate surface area is 183 Å². The minimum absolute atomic E-state index is 0.0754. The highest BCUT2D eigenvalue weighted by Gasteiger charge is 2.30. The number of fused-ring (bicyclic) bond motifs is 1. The van der Waals surface area contributed by atoms with Crippen LogP contribution in [0.3, 0.4) is 0 Å². The van der Waals surface area contributed by atoms with Crippen LogP contribution in [0.15, 0.2) is 46.6 Å². The van der Waals surface area contributed by atoms with Crippen LogP contribution in [0.2, 0.25) is 5.15 Å². The minimum Gasteiger partial charge on any atom is -0.267 e. The third-order valence-electron chi connectivity index (χ3n) is 4.61. The summed E-state index contributed by atoms with van der Waals surface area (Å²) in [7, 11) is 0. The molecule has 0 bridgehead atoms. The van der Waals surface area contributed by atoms with Crippen molar-refractivity contribution in [1.29, 1.82) is 0 Å². The maximum atomic E-state index is 13.0. The van der Waals surface area contributed by atoms with Crippen LogP contribution in [0.25, 0.3) is 15.9 Å². The number of aromatic nitrogens is 4. The van der Waals surface area contributed by atoms with Crippen molar-refractivity contribution >= 4 is 39.4 Å². The van der Waals surface area contributed by atoms with Crippen molar-refractivity contribution in [3.63, 3.8) is 0 Å². The van der Waals surface area contributed by atoms with Crippen LogP contribution >= 0.6 is 22.9 Å². The van der Waals surface area contributed by atoms with Crippen LogP contribution in [0.4, 0.5) is 13.2 Å². The van der Waals surface area contributed by atoms with Gasteiger partial charge in [0.1, 0.15) is 16.3 Å². The lowest BCUT2D eigenvalue weighted by atomic mass is 10.2. The van der Waals surface area contributed by atoms with E-state index in [9.17, 15) is 18.0 Å². The summed E-state index contributed by atoms with van der Waals surface area (Å²) >= 11 is 7.83. The Balaban J connectivity index is 1.72. The molecule has 4 aromatic rings. The average molecular weight is 466 g/mol. The Hall–Kier alpha value is -2.98. The first-order valence-electron chi connectivity index (χ1n) is 9.16. The SMILES string of the molecule is CCc1cc2c(=O)n(N=Cc3c(C)nn(-c4cccc(C(F)(F)F)c4)c3Cl)cnc2s1. The predicted molar refractivity (Wildman–Crippen MR) is 115 cm³/mol. The molecule has 0 saturated carbocycles. The molecule has 0 unspecified atom stereocenters. The van der Waals surface area contributed by atoms with Crippen molar-refractivity contribution in [2.24, 2.45) is 5.10 Å². The Bertz CT molecular complexity index is 1370. The number of nitrogens with zero attached hydrogens (tertiary/aromatic N) is 5. The smallest absolute Gasteiger partial charge is 0.267 e. The summed E-state index contributed by atoms with van der Waals surface area (Å²) in [6.07, 6.45) is -1.03. The van der Waals surface area contributed by atoms with Gasteiger partial charge >= 0.3 is 6.18 Å². The standard InChI is InChI=1S/C20H15ClF3N5OS/c1-3-14-8-15-18(31-14)25-10-28(19(15)30)26-9-16-11(2)27-29(17(16)21)13-6-4-5-12(7-13)20(22,23)24/h4-10H,3H2,1-2H3. The quantitative estimate of drug-likeness (QED) is 0.395. The fraction of sp³-hybridized carbons (Fsp3) is 0.200. The third kappa shape index (κ3) is 4.00. The van der Waals surface area contributed by atoms with Gasteiger partial charge in [-0.2, -0.15) is 28.0 Å². The lowest BCUT2D eigenvalue weighted by Crippen LogP contribution is -2.16. The zero-order valence-electron chi connectivity index (χ0n) is 16.3. The monoisotopic (exact) mass is 465 g/mol. The molecule has 0 saturated heterocycles. The molecule has 11 heteroatoms. The van der Waals surface area contributed by atoms with E-state index in [1.54, 1.807) is 13.0 Å². The van der Waals surface area contributed by atoms with Crippen molar-refractivity contribution in [3.8, 4) is 5.69 Å². The molecular formula is C20H15ClF3N5OS. The van der Waals surface area contributed by atoms with Gasteiger partial charge in [0, 0.05) is 4.88 Å². The lowest BCUT2D eigenvalue weighted by molar-refractivity contribution is -0.137. The van der Waals surface area contributed by atoms with Crippen LogP contribution < -0.4 is 5.56 Å². The maximum Gasteiger partial charge on any atom is 0.416 e. The van der Waals surface area contributed by atoms with Crippen LogP contribution in [0.1, 0.15) is 28.6 Å². The molecule has 0 radical (unpaired) electrons. The van der Waals surface area contributed by atoms with Crippen molar-refractivity contribution in [1.82, 2.24) is 19.4 Å². The molecule has 6 nitrogen and oxygen atoms in total. The van der Waals surface area contributed by atoms with Gasteiger partial charge < -0.3 is 0 Å². The zero-order valence-corrected chi connectivity index (χ0v) is 17.9. The Morgan fingerprint density at radius 2 is 2.06 bits per heavy atom. The molecule has 0 fully saturated rings. The first-order valence-corrected chi connectivity index (χ1v) is 10.4. The molecule has 1 aromatic carbocycles. The number of benzene rings is 1. The van der Waals surface area contributed by atoms with E-state index in [4.69, 9.17) is 11.6 Å². The average Bonchev–Trinajstić information content (AvgIpc) is 3.28. The third-order valence-corrected chi connectivity index (χ3v) is 6.16. The lowest BCUT2D eigenvalue weighted by Gasteiger charge is -2.09. The molecule has 0 atom stereocenters. The number of aryl methyl sites for hydroxylation is 2. The van der Waals surface area contributed by atoms with Gasteiger partial charge in [0.2, 0.25) is 0 Å². The summed E-state index contributed by atoms with van der Waals surface area (Å²) in [5.74, 6) is 0. The predicted octanol–water partition coefficient (Wildman–Crippen LogP) is 5.07. The number of hydrogen-bond acceptors (Lipinski definition) is 5. The molecule has 3 heterocycles. The number of alkyl halides is 3. The van der Waals surface area contributed by atoms with E-state index >= 15 is 0 Å². The van der Waals surface area contributed by atoms with Gasteiger partial charge in [0.15, 0.2) is 0 Å². The van der Waals surface area contributed by atoms with Gasteiger partial charge in [0.05, 0.1) is 34.1 Å². The van der Waals surface area contributed by atoms with Crippen molar-refractivity contribution in [3.05, 3.63) is 73.9 Å². The Morgan fingerprint density at radius 1 is 1.29 bits per heavy atom. The molecule has 0 spiro atoms. The fourth-order valence-electron chi connectivity index (χ4n) is 2.98. The van der Waals surface area contributed by atoms with Gasteiger partial charge in [-0.25, -0.2) is 9.67 Å². The Kier molecular flexibility index (Phi) is 5.44. The van der Waals surface area contributed by atoms with Gasteiger partial charge in [-0.1, -0.05) is 24.6 Å². The number of halogens is 4. The van der Waals surface area contributed by atoms with E-state index in [1.165, 1.54) is 40.7 Å². The molecular weight excluding hydrogens is 451 g/mol. The summed E-state index contributed by atoms with van der Waals surface area (Å²) in [6.45, 7) is 3.64. The molecule has 0 aliphatic rings. The van der Waals surface area contributed by atoms with E-state index in [1.807, 2.05) is 6.92 Å². The van der Waals surface area contributed by atoms with Gasteiger partial charge in [-0.15, -0.1) is 11.3 Å². The second-order valence-corrected chi connectivity index (χ2v) is 8.15. The van der Waals surface area contributed by atoms with Crippen molar-refractivity contribution < 1.29 is 13.2 Å². The van der Waals surface area contributed by atoms with E-state index < -0.39 is 11.7 Å². The van der Waals surface area contributed by atoms with Crippen LogP contribution in [-0.4, -0.2) is 25.7 Å². The summed E-state index contributed by atoms with van der Waals surface area (Å²) < 4.78 is 41.4. The van der Waals surface area contributed by atoms with Crippen LogP contribution in [0, 0.1) is 6.92 Å². The maximum absolute atomic E-state index is 13.0. The van der Waals surface area contributed by atoms with E-state index in [-0.39, 0.29) is 16.4 Å². The number of thiophene rings is 1. The zero-order chi connectivity index (χ0) is 22.3. The normalized spacial score (nSPS) is 12.3. The minimum atomic E-state index is -4.49. The molecule has 0 N–H and O–H groups in total. The second-order valence-electron chi connectivity index (χ2n) is 6.67. The molecule has 160 valence electrons. The fourth-order valence-corrected chi connectivity index (χ4v) is 4.23. The summed E-state index contributed by atoms with van der Waals surface area (Å²) in [5.41, 5.74) is -0.148. The molecule has 0 amide bonds. The first kappa shape index (κ1) is 21.3. The highest BCUT2D eigenvalue weighted by atomic mass is 35.5. The number of rotatable bonds is 4. The number of hydrogen-bond donors (Lipinski definition) is 0. The first-order chi connectivity index (χ1) is 14.7. The van der Waals surface area contributed by atoms with Crippen LogP contribution in [-0.2, 0) is 12.6 Å². The topological polar surface area (TPSA) is 65.1 Å². The van der Waals surface area contributed by atoms with Gasteiger partial charge in [-0.05, 0) is 37.6 Å². The van der Waals surface area contributed by atoms with Gasteiger partial charge in [-0.3, -0.25) is 4.79 Å². The highest BCUT2D eigenvalue weighted by Crippen LogP contribution is 2.31. The summed E-state index contributed by atoms with van der Waals surface area (Å²) in [5, 5.41) is 8.93. The van der Waals surface area contributed by atoms with Crippen LogP contribution in [0.5, 0.6) is 0 Å². The molecule has 4 rings (SSSR count). The molecule has 0 aliphatic heterocycles. The highest BCUT2D eigenvalue weighted by molar-refractivity contribution is 7.18. The van der Waals surface area contributed by atoms with E-state index in [2.05, 4.69) is 15.2 Å². The van der Waals surface area contributed by atoms with Crippen molar-refractivity contribution in [2.45, 2.75) is 26.4 Å². The molecule has 31 heavy (non-hydrogen) atoms. The Morgan fingerprint density at radius 3 is 2.77 bits per heavy atom.